The van der Waals surface area contributed by atoms with Crippen LogP contribution < -0.4 is 16.6 Å². The van der Waals surface area contributed by atoms with E-state index in [1.54, 1.807) is 6.07 Å². The van der Waals surface area contributed by atoms with Crippen molar-refractivity contribution in [2.75, 3.05) is 5.73 Å². The Morgan fingerprint density at radius 1 is 0.962 bits per heavy atom. The minimum absolute atomic E-state index is 0.377. The van der Waals surface area contributed by atoms with E-state index in [1.807, 2.05) is 54.8 Å². The molecule has 0 spiro atoms. The third kappa shape index (κ3) is 2.48. The maximum atomic E-state index is 12.3. The SMILES string of the molecule is CCc1cccc(-c2c(-c3nc(-c4ccccc4)cs3)c(=O)c2=O)c1N. The van der Waals surface area contributed by atoms with E-state index in [0.29, 0.717) is 27.4 Å². The van der Waals surface area contributed by atoms with Gasteiger partial charge >= 0.3 is 0 Å². The first-order valence-corrected chi connectivity index (χ1v) is 9.22. The number of nitrogens with zero attached hydrogens (tertiary/aromatic N) is 1. The second-order valence-electron chi connectivity index (χ2n) is 6.04. The predicted molar refractivity (Wildman–Crippen MR) is 107 cm³/mol. The number of para-hydroxylation sites is 1. The number of thiazole rings is 1. The number of aromatic nitrogens is 1. The molecule has 2 N–H and O–H groups in total. The Morgan fingerprint density at radius 2 is 1.69 bits per heavy atom. The van der Waals surface area contributed by atoms with Crippen LogP contribution in [0, 0.1) is 0 Å². The second-order valence-corrected chi connectivity index (χ2v) is 6.90. The molecule has 0 saturated carbocycles. The number of benzene rings is 2. The number of hydrogen-bond acceptors (Lipinski definition) is 5. The van der Waals surface area contributed by atoms with Gasteiger partial charge in [0.2, 0.25) is 10.9 Å². The van der Waals surface area contributed by atoms with Gasteiger partial charge in [0, 0.05) is 27.8 Å². The van der Waals surface area contributed by atoms with Gasteiger partial charge in [0.25, 0.3) is 0 Å². The van der Waals surface area contributed by atoms with E-state index in [4.69, 9.17) is 5.73 Å². The maximum Gasteiger partial charge on any atom is 0.237 e. The lowest BCUT2D eigenvalue weighted by atomic mass is 9.91. The average molecular weight is 360 g/mol. The van der Waals surface area contributed by atoms with Crippen molar-refractivity contribution in [2.24, 2.45) is 0 Å². The van der Waals surface area contributed by atoms with E-state index in [2.05, 4.69) is 4.98 Å². The summed E-state index contributed by atoms with van der Waals surface area (Å²) in [5.74, 6) is 0. The van der Waals surface area contributed by atoms with Crippen LogP contribution in [0.15, 0.2) is 63.5 Å². The molecule has 0 bridgehead atoms. The molecule has 0 aliphatic rings. The zero-order valence-electron chi connectivity index (χ0n) is 14.2. The Morgan fingerprint density at radius 3 is 2.42 bits per heavy atom. The fraction of sp³-hybridized carbons (Fsp3) is 0.0952. The predicted octanol–water partition coefficient (Wildman–Crippen LogP) is 3.88. The number of rotatable bonds is 4. The molecular weight excluding hydrogens is 344 g/mol. The molecule has 5 heteroatoms. The summed E-state index contributed by atoms with van der Waals surface area (Å²) in [4.78, 5) is 29.1. The Bertz CT molecular complexity index is 1170. The van der Waals surface area contributed by atoms with Crippen LogP contribution in [-0.2, 0) is 6.42 Å². The highest BCUT2D eigenvalue weighted by Crippen LogP contribution is 2.36. The molecule has 1 heterocycles. The van der Waals surface area contributed by atoms with Crippen LogP contribution in [0.1, 0.15) is 12.5 Å². The van der Waals surface area contributed by atoms with E-state index in [-0.39, 0.29) is 0 Å². The monoisotopic (exact) mass is 360 g/mol. The van der Waals surface area contributed by atoms with Crippen molar-refractivity contribution in [1.82, 2.24) is 4.98 Å². The first-order chi connectivity index (χ1) is 12.6. The van der Waals surface area contributed by atoms with Crippen LogP contribution in [0.2, 0.25) is 0 Å². The van der Waals surface area contributed by atoms with Crippen LogP contribution in [0.25, 0.3) is 33.0 Å². The van der Waals surface area contributed by atoms with E-state index >= 15 is 0 Å². The lowest BCUT2D eigenvalue weighted by Crippen LogP contribution is -2.35. The molecule has 0 saturated heterocycles. The summed E-state index contributed by atoms with van der Waals surface area (Å²) in [7, 11) is 0. The number of anilines is 1. The fourth-order valence-corrected chi connectivity index (χ4v) is 4.00. The second kappa shape index (κ2) is 6.35. The molecule has 4 aromatic rings. The van der Waals surface area contributed by atoms with Crippen molar-refractivity contribution in [2.45, 2.75) is 13.3 Å². The summed E-state index contributed by atoms with van der Waals surface area (Å²) in [6, 6.07) is 15.3. The van der Waals surface area contributed by atoms with Crippen LogP contribution in [0.4, 0.5) is 5.69 Å². The lowest BCUT2D eigenvalue weighted by molar-refractivity contribution is 1.14. The number of aryl methyl sites for hydroxylation is 1. The fourth-order valence-electron chi connectivity index (χ4n) is 3.12. The van der Waals surface area contributed by atoms with Crippen molar-refractivity contribution >= 4 is 17.0 Å². The smallest absolute Gasteiger partial charge is 0.237 e. The average Bonchev–Trinajstić information content (AvgIpc) is 3.16. The molecule has 0 amide bonds. The maximum absolute atomic E-state index is 12.3. The minimum Gasteiger partial charge on any atom is -0.398 e. The summed E-state index contributed by atoms with van der Waals surface area (Å²) >= 11 is 1.37. The van der Waals surface area contributed by atoms with Gasteiger partial charge < -0.3 is 5.73 Å². The van der Waals surface area contributed by atoms with Gasteiger partial charge in [-0.05, 0) is 12.0 Å². The van der Waals surface area contributed by atoms with E-state index in [0.717, 1.165) is 23.2 Å². The summed E-state index contributed by atoms with van der Waals surface area (Å²) in [5.41, 5.74) is 9.93. The molecule has 3 aromatic carbocycles. The van der Waals surface area contributed by atoms with E-state index in [9.17, 15) is 9.59 Å². The Hall–Kier alpha value is -3.05. The molecule has 0 atom stereocenters. The molecular formula is C21H16N2O2S. The highest BCUT2D eigenvalue weighted by atomic mass is 32.1. The molecule has 4 nitrogen and oxygen atoms in total. The van der Waals surface area contributed by atoms with Crippen molar-refractivity contribution in [3.63, 3.8) is 0 Å². The molecule has 128 valence electrons. The van der Waals surface area contributed by atoms with Gasteiger partial charge in [0.15, 0.2) is 0 Å². The summed E-state index contributed by atoms with van der Waals surface area (Å²) < 4.78 is 0. The van der Waals surface area contributed by atoms with Crippen molar-refractivity contribution in [3.8, 4) is 33.0 Å². The molecule has 26 heavy (non-hydrogen) atoms. The molecule has 0 aliphatic heterocycles. The molecule has 1 aromatic heterocycles. The Kier molecular flexibility index (Phi) is 4.01. The van der Waals surface area contributed by atoms with Gasteiger partial charge in [-0.2, -0.15) is 0 Å². The van der Waals surface area contributed by atoms with Crippen LogP contribution in [0.3, 0.4) is 0 Å². The minimum atomic E-state index is -0.490. The van der Waals surface area contributed by atoms with Gasteiger partial charge in [-0.1, -0.05) is 55.5 Å². The van der Waals surface area contributed by atoms with Gasteiger partial charge in [0.05, 0.1) is 11.3 Å². The molecule has 0 unspecified atom stereocenters. The van der Waals surface area contributed by atoms with Gasteiger partial charge in [-0.3, -0.25) is 9.59 Å². The zero-order chi connectivity index (χ0) is 18.3. The summed E-state index contributed by atoms with van der Waals surface area (Å²) in [5, 5.41) is 2.46. The van der Waals surface area contributed by atoms with Crippen LogP contribution in [0.5, 0.6) is 0 Å². The first-order valence-electron chi connectivity index (χ1n) is 8.34. The number of nitrogen functional groups attached to an aromatic ring is 1. The quantitative estimate of drug-likeness (QED) is 0.443. The molecule has 0 aliphatic carbocycles. The largest absolute Gasteiger partial charge is 0.398 e. The van der Waals surface area contributed by atoms with Gasteiger partial charge in [0.1, 0.15) is 5.01 Å². The normalized spacial score (nSPS) is 11.1. The van der Waals surface area contributed by atoms with Gasteiger partial charge in [-0.25, -0.2) is 4.98 Å². The summed E-state index contributed by atoms with van der Waals surface area (Å²) in [6.07, 6.45) is 0.764. The van der Waals surface area contributed by atoms with Crippen molar-refractivity contribution in [3.05, 3.63) is 79.9 Å². The highest BCUT2D eigenvalue weighted by molar-refractivity contribution is 7.13. The van der Waals surface area contributed by atoms with Crippen LogP contribution in [-0.4, -0.2) is 4.98 Å². The Balaban J connectivity index is 1.84. The van der Waals surface area contributed by atoms with Crippen molar-refractivity contribution < 1.29 is 0 Å². The molecule has 0 fully saturated rings. The topological polar surface area (TPSA) is 73.0 Å². The van der Waals surface area contributed by atoms with Crippen molar-refractivity contribution in [1.29, 1.82) is 0 Å². The van der Waals surface area contributed by atoms with Crippen LogP contribution >= 0.6 is 11.3 Å². The first kappa shape index (κ1) is 16.4. The Labute approximate surface area is 154 Å². The number of nitrogens with two attached hydrogens (primary N) is 1. The zero-order valence-corrected chi connectivity index (χ0v) is 15.0. The standard InChI is InChI=1S/C21H16N2O2S/c1-2-12-9-6-10-14(18(12)22)16-17(20(25)19(16)24)21-23-15(11-26-21)13-7-4-3-5-8-13/h3-11H,2,22H2,1H3. The molecule has 0 radical (unpaired) electrons. The van der Waals surface area contributed by atoms with E-state index < -0.39 is 10.9 Å². The third-order valence-corrected chi connectivity index (χ3v) is 5.40. The van der Waals surface area contributed by atoms with Gasteiger partial charge in [-0.15, -0.1) is 11.3 Å². The molecule has 4 rings (SSSR count). The number of hydrogen-bond donors (Lipinski definition) is 1. The lowest BCUT2D eigenvalue weighted by Gasteiger charge is -2.13. The summed E-state index contributed by atoms with van der Waals surface area (Å²) in [6.45, 7) is 2.01. The third-order valence-electron chi connectivity index (χ3n) is 4.54. The highest BCUT2D eigenvalue weighted by Gasteiger charge is 2.27. The van der Waals surface area contributed by atoms with E-state index in [1.165, 1.54) is 11.3 Å².